The maximum Gasteiger partial charge on any atom is 0.534 e. The van der Waals surface area contributed by atoms with Gasteiger partial charge in [0.2, 0.25) is 0 Å². The zero-order valence-corrected chi connectivity index (χ0v) is 16.2. The number of carbonyl (C=O) groups excluding carboxylic acids is 1. The molecule has 0 aliphatic carbocycles. The van der Waals surface area contributed by atoms with E-state index in [0.717, 1.165) is 12.2 Å². The molecule has 26 heavy (non-hydrogen) atoms. The van der Waals surface area contributed by atoms with Gasteiger partial charge in [0.05, 0.1) is 11.5 Å². The van der Waals surface area contributed by atoms with Crippen LogP contribution in [0.1, 0.15) is 39.5 Å². The summed E-state index contributed by atoms with van der Waals surface area (Å²) < 4.78 is 65.3. The standard InChI is InChI=1S/C16H22F3NO4S2/c1-3-11(24-26(22,23)16(17,18)19)8-15-6-5-10-7-12(21)14(15)13(25-4-2)9-20(10)15/h8,10,13-14H,3-7,9H2,1-2H3/b11-8-/t10-,13-,14+,15-/m0/s1. The SMILES string of the molecule is CCS[C@H]1CN2[C@H]3CC[C@]2(/C=C(/CC)OS(=O)(=O)C(F)(F)F)[C@@H]1C(=O)C3. The fourth-order valence-corrected chi connectivity index (χ4v) is 6.45. The van der Waals surface area contributed by atoms with E-state index in [4.69, 9.17) is 0 Å². The number of thioether (sulfide) groups is 1. The van der Waals surface area contributed by atoms with Crippen molar-refractivity contribution in [3.8, 4) is 0 Å². The summed E-state index contributed by atoms with van der Waals surface area (Å²) in [7, 11) is -5.71. The predicted molar refractivity (Wildman–Crippen MR) is 91.9 cm³/mol. The number of ketones is 1. The van der Waals surface area contributed by atoms with Crippen LogP contribution in [-0.4, -0.2) is 53.7 Å². The molecule has 3 fully saturated rings. The lowest BCUT2D eigenvalue weighted by Gasteiger charge is -2.40. The molecule has 3 heterocycles. The van der Waals surface area contributed by atoms with Crippen LogP contribution in [0, 0.1) is 5.92 Å². The first-order chi connectivity index (χ1) is 12.1. The third-order valence-electron chi connectivity index (χ3n) is 5.56. The summed E-state index contributed by atoms with van der Waals surface area (Å²) in [4.78, 5) is 14.9. The van der Waals surface area contributed by atoms with E-state index in [1.165, 1.54) is 6.08 Å². The van der Waals surface area contributed by atoms with Crippen LogP contribution in [0.4, 0.5) is 13.2 Å². The van der Waals surface area contributed by atoms with Gasteiger partial charge in [-0.25, -0.2) is 0 Å². The van der Waals surface area contributed by atoms with Gasteiger partial charge in [-0.2, -0.15) is 33.4 Å². The largest absolute Gasteiger partial charge is 0.534 e. The molecule has 5 atom stereocenters. The number of Topliss-reactive ketones (excluding diaryl/α,β-unsaturated/α-hetero) is 1. The van der Waals surface area contributed by atoms with Crippen molar-refractivity contribution in [1.29, 1.82) is 0 Å². The fraction of sp³-hybridized carbons (Fsp3) is 0.812. The van der Waals surface area contributed by atoms with Crippen molar-refractivity contribution < 1.29 is 30.6 Å². The van der Waals surface area contributed by atoms with Crippen molar-refractivity contribution in [2.24, 2.45) is 5.92 Å². The lowest BCUT2D eigenvalue weighted by molar-refractivity contribution is -0.127. The number of alkyl halides is 3. The van der Waals surface area contributed by atoms with Gasteiger partial charge in [-0.05, 0) is 24.7 Å². The third-order valence-corrected chi connectivity index (χ3v) is 7.75. The molecular weight excluding hydrogens is 391 g/mol. The van der Waals surface area contributed by atoms with E-state index in [1.54, 1.807) is 18.7 Å². The second-order valence-electron chi connectivity index (χ2n) is 6.93. The van der Waals surface area contributed by atoms with Crippen molar-refractivity contribution in [2.45, 2.75) is 61.9 Å². The highest BCUT2D eigenvalue weighted by molar-refractivity contribution is 7.99. The average molecular weight is 413 g/mol. The van der Waals surface area contributed by atoms with Crippen LogP contribution in [0.25, 0.3) is 0 Å². The van der Waals surface area contributed by atoms with Gasteiger partial charge in [0.15, 0.2) is 0 Å². The second kappa shape index (κ2) is 6.70. The van der Waals surface area contributed by atoms with Crippen LogP contribution in [-0.2, 0) is 19.1 Å². The van der Waals surface area contributed by atoms with Crippen molar-refractivity contribution >= 4 is 27.7 Å². The van der Waals surface area contributed by atoms with Crippen LogP contribution in [0.3, 0.4) is 0 Å². The molecule has 148 valence electrons. The van der Waals surface area contributed by atoms with Crippen molar-refractivity contribution in [3.63, 3.8) is 0 Å². The van der Waals surface area contributed by atoms with Gasteiger partial charge in [0.25, 0.3) is 0 Å². The minimum Gasteiger partial charge on any atom is -0.381 e. The Labute approximate surface area is 155 Å². The highest BCUT2D eigenvalue weighted by Gasteiger charge is 2.64. The van der Waals surface area contributed by atoms with Crippen LogP contribution in [0.5, 0.6) is 0 Å². The van der Waals surface area contributed by atoms with Crippen molar-refractivity contribution in [2.75, 3.05) is 12.3 Å². The first kappa shape index (κ1) is 20.0. The Bertz CT molecular complexity index is 721. The molecule has 5 nitrogen and oxygen atoms in total. The summed E-state index contributed by atoms with van der Waals surface area (Å²) in [6, 6.07) is 0.0785. The number of halogens is 3. The molecular formula is C16H22F3NO4S2. The molecule has 3 saturated heterocycles. The summed E-state index contributed by atoms with van der Waals surface area (Å²) in [6.07, 6.45) is 3.37. The van der Waals surface area contributed by atoms with E-state index < -0.39 is 21.2 Å². The predicted octanol–water partition coefficient (Wildman–Crippen LogP) is 3.07. The lowest BCUT2D eigenvalue weighted by atomic mass is 9.78. The van der Waals surface area contributed by atoms with Gasteiger partial charge in [0, 0.05) is 30.7 Å². The molecule has 4 bridgehead atoms. The van der Waals surface area contributed by atoms with Gasteiger partial charge in [-0.3, -0.25) is 9.69 Å². The van der Waals surface area contributed by atoms with E-state index in [2.05, 4.69) is 9.08 Å². The molecule has 3 rings (SSSR count). The van der Waals surface area contributed by atoms with Gasteiger partial charge >= 0.3 is 15.6 Å². The van der Waals surface area contributed by atoms with Crippen LogP contribution in [0.15, 0.2) is 11.8 Å². The van der Waals surface area contributed by atoms with E-state index >= 15 is 0 Å². The highest BCUT2D eigenvalue weighted by Crippen LogP contribution is 2.55. The van der Waals surface area contributed by atoms with Gasteiger partial charge in [-0.15, -0.1) is 0 Å². The Kier molecular flexibility index (Phi) is 5.16. The molecule has 0 radical (unpaired) electrons. The molecule has 0 saturated carbocycles. The van der Waals surface area contributed by atoms with E-state index in [9.17, 15) is 26.4 Å². The average Bonchev–Trinajstić information content (AvgIpc) is 2.88. The number of allylic oxidation sites excluding steroid dienone is 1. The minimum absolute atomic E-state index is 0.00205. The molecule has 0 spiro atoms. The van der Waals surface area contributed by atoms with Crippen LogP contribution >= 0.6 is 11.8 Å². The Balaban J connectivity index is 1.98. The first-order valence-corrected chi connectivity index (χ1v) is 11.1. The van der Waals surface area contributed by atoms with Crippen molar-refractivity contribution in [3.05, 3.63) is 11.8 Å². The van der Waals surface area contributed by atoms with E-state index in [-0.39, 0.29) is 35.2 Å². The van der Waals surface area contributed by atoms with Gasteiger partial charge < -0.3 is 4.18 Å². The molecule has 3 aliphatic rings. The number of piperidine rings is 1. The Morgan fingerprint density at radius 3 is 2.69 bits per heavy atom. The maximum absolute atomic E-state index is 12.7. The smallest absolute Gasteiger partial charge is 0.381 e. The summed E-state index contributed by atoms with van der Waals surface area (Å²) in [5.41, 5.74) is -6.20. The van der Waals surface area contributed by atoms with Gasteiger partial charge in [0.1, 0.15) is 11.5 Å². The Morgan fingerprint density at radius 2 is 2.12 bits per heavy atom. The molecule has 0 amide bonds. The molecule has 0 aromatic rings. The number of hydrogen-bond donors (Lipinski definition) is 0. The second-order valence-corrected chi connectivity index (χ2v) is 9.98. The van der Waals surface area contributed by atoms with Crippen LogP contribution in [0.2, 0.25) is 0 Å². The number of carbonyl (C=O) groups is 1. The fourth-order valence-electron chi connectivity index (χ4n) is 4.63. The molecule has 0 N–H and O–H groups in total. The van der Waals surface area contributed by atoms with Gasteiger partial charge in [-0.1, -0.05) is 13.8 Å². The summed E-state index contributed by atoms with van der Waals surface area (Å²) in [5, 5.41) is 0.0754. The molecule has 0 aromatic carbocycles. The lowest BCUT2D eigenvalue weighted by Crippen LogP contribution is -2.52. The summed E-state index contributed by atoms with van der Waals surface area (Å²) in [6.45, 7) is 4.24. The quantitative estimate of drug-likeness (QED) is 0.379. The summed E-state index contributed by atoms with van der Waals surface area (Å²) in [5.74, 6) is 0.393. The minimum atomic E-state index is -5.71. The zero-order valence-electron chi connectivity index (χ0n) is 14.6. The highest BCUT2D eigenvalue weighted by atomic mass is 32.2. The zero-order chi connectivity index (χ0) is 19.3. The molecule has 10 heteroatoms. The monoisotopic (exact) mass is 413 g/mol. The molecule has 1 unspecified atom stereocenters. The third kappa shape index (κ3) is 3.07. The molecule has 3 aliphatic heterocycles. The molecule has 0 aromatic heterocycles. The van der Waals surface area contributed by atoms with E-state index in [1.807, 2.05) is 6.92 Å². The Morgan fingerprint density at radius 1 is 1.42 bits per heavy atom. The van der Waals surface area contributed by atoms with Crippen molar-refractivity contribution in [1.82, 2.24) is 4.90 Å². The number of rotatable bonds is 6. The number of hydrogen-bond acceptors (Lipinski definition) is 6. The van der Waals surface area contributed by atoms with Crippen LogP contribution < -0.4 is 0 Å². The Hall–Kier alpha value is -0.740. The first-order valence-electron chi connectivity index (χ1n) is 8.69. The maximum atomic E-state index is 12.7. The number of nitrogens with zero attached hydrogens (tertiary/aromatic N) is 1. The summed E-state index contributed by atoms with van der Waals surface area (Å²) >= 11 is 1.68. The van der Waals surface area contributed by atoms with E-state index in [0.29, 0.717) is 19.4 Å². The topological polar surface area (TPSA) is 63.7 Å². The normalized spacial score (nSPS) is 37.3.